The molecule has 0 amide bonds. The zero-order valence-corrected chi connectivity index (χ0v) is 8.82. The van der Waals surface area contributed by atoms with Crippen LogP contribution in [-0.4, -0.2) is 30.2 Å². The zero-order chi connectivity index (χ0) is 8.85. The van der Waals surface area contributed by atoms with Crippen LogP contribution in [0.15, 0.2) is 11.8 Å². The second-order valence-electron chi connectivity index (χ2n) is 2.43. The molecule has 64 valence electrons. The Labute approximate surface area is 76.8 Å². The van der Waals surface area contributed by atoms with Crippen molar-refractivity contribution in [1.82, 2.24) is 4.90 Å². The van der Waals surface area contributed by atoms with Crippen LogP contribution in [-0.2, 0) is 20.6 Å². The summed E-state index contributed by atoms with van der Waals surface area (Å²) in [6.45, 7) is 4.71. The normalized spacial score (nSPS) is 11.5. The molecule has 0 aromatic rings. The third-order valence-electron chi connectivity index (χ3n) is 1.32. The minimum atomic E-state index is 0.708. The molecule has 0 aliphatic heterocycles. The van der Waals surface area contributed by atoms with E-state index in [4.69, 9.17) is 4.74 Å². The molecular weight excluding hydrogens is 178 g/mol. The van der Waals surface area contributed by atoms with E-state index in [1.165, 1.54) is 5.70 Å². The van der Waals surface area contributed by atoms with Crippen molar-refractivity contribution >= 4 is 4.57 Å². The SMILES string of the molecule is CCO[C](=[Cr])/C=C(\C)N(C)C. The molecule has 0 unspecified atom stereocenters. The Balaban J connectivity index is 3.97. The van der Waals surface area contributed by atoms with Crippen LogP contribution in [0.1, 0.15) is 13.8 Å². The van der Waals surface area contributed by atoms with E-state index in [1.54, 1.807) is 0 Å². The Hall–Kier alpha value is -0.0975. The number of nitrogens with zero attached hydrogens (tertiary/aromatic N) is 1. The monoisotopic (exact) mass is 193 g/mol. The molecular formula is C8H15CrNO. The van der Waals surface area contributed by atoms with Gasteiger partial charge >= 0.3 is 76.4 Å². The molecule has 0 fully saturated rings. The Morgan fingerprint density at radius 3 is 2.45 bits per heavy atom. The van der Waals surface area contributed by atoms with Crippen LogP contribution in [0, 0.1) is 0 Å². The molecule has 2 nitrogen and oxygen atoms in total. The summed E-state index contributed by atoms with van der Waals surface area (Å²) in [6.07, 6.45) is 1.98. The first-order valence-corrected chi connectivity index (χ1v) is 4.24. The van der Waals surface area contributed by atoms with Gasteiger partial charge in [-0.1, -0.05) is 0 Å². The third-order valence-corrected chi connectivity index (χ3v) is 1.69. The van der Waals surface area contributed by atoms with Crippen LogP contribution in [0.4, 0.5) is 0 Å². The van der Waals surface area contributed by atoms with Crippen molar-refractivity contribution < 1.29 is 20.6 Å². The predicted octanol–water partition coefficient (Wildman–Crippen LogP) is 1.17. The summed E-state index contributed by atoms with van der Waals surface area (Å²) in [5.41, 5.74) is 1.17. The summed E-state index contributed by atoms with van der Waals surface area (Å²) < 4.78 is 6.07. The van der Waals surface area contributed by atoms with Crippen LogP contribution in [0.25, 0.3) is 0 Å². The van der Waals surface area contributed by atoms with Crippen LogP contribution >= 0.6 is 0 Å². The van der Waals surface area contributed by atoms with Gasteiger partial charge in [-0.3, -0.25) is 0 Å². The third kappa shape index (κ3) is 5.20. The van der Waals surface area contributed by atoms with Crippen molar-refractivity contribution in [2.24, 2.45) is 0 Å². The minimum absolute atomic E-state index is 0.708. The quantitative estimate of drug-likeness (QED) is 0.664. The molecule has 0 atom stereocenters. The van der Waals surface area contributed by atoms with Gasteiger partial charge in [-0.25, -0.2) is 0 Å². The number of ether oxygens (including phenoxy) is 1. The summed E-state index contributed by atoms with van der Waals surface area (Å²) in [5.74, 6) is 0. The van der Waals surface area contributed by atoms with Crippen molar-refractivity contribution in [2.75, 3.05) is 20.7 Å². The Bertz CT molecular complexity index is 163. The predicted molar refractivity (Wildman–Crippen MR) is 44.1 cm³/mol. The van der Waals surface area contributed by atoms with Gasteiger partial charge in [-0.15, -0.1) is 0 Å². The van der Waals surface area contributed by atoms with Gasteiger partial charge in [0, 0.05) is 0 Å². The summed E-state index contributed by atoms with van der Waals surface area (Å²) in [5, 5.41) is 0. The van der Waals surface area contributed by atoms with Crippen molar-refractivity contribution in [1.29, 1.82) is 0 Å². The van der Waals surface area contributed by atoms with Gasteiger partial charge in [0.1, 0.15) is 0 Å². The first-order chi connectivity index (χ1) is 5.07. The van der Waals surface area contributed by atoms with E-state index in [0.717, 1.165) is 4.57 Å². The molecule has 0 aromatic heterocycles. The van der Waals surface area contributed by atoms with Gasteiger partial charge in [0.25, 0.3) is 0 Å². The molecule has 0 aromatic carbocycles. The van der Waals surface area contributed by atoms with Crippen LogP contribution in [0.5, 0.6) is 0 Å². The van der Waals surface area contributed by atoms with Crippen LogP contribution in [0.2, 0.25) is 0 Å². The maximum atomic E-state index is 5.22. The van der Waals surface area contributed by atoms with Gasteiger partial charge < -0.3 is 0 Å². The van der Waals surface area contributed by atoms with Crippen LogP contribution < -0.4 is 0 Å². The molecule has 0 bridgehead atoms. The standard InChI is InChI=1S/C8H15NO.Cr/c1-5-10-7-6-8(2)9(3)4;/h6H,5H2,1-4H3;/b8-6+;. The molecule has 0 heterocycles. The summed E-state index contributed by atoms with van der Waals surface area (Å²) in [4.78, 5) is 2.04. The number of hydrogen-bond acceptors (Lipinski definition) is 2. The Morgan fingerprint density at radius 1 is 1.55 bits per heavy atom. The van der Waals surface area contributed by atoms with E-state index in [1.807, 2.05) is 38.9 Å². The number of hydrogen-bond donors (Lipinski definition) is 0. The van der Waals surface area contributed by atoms with E-state index in [9.17, 15) is 0 Å². The average Bonchev–Trinajstić information content (AvgIpc) is 1.87. The van der Waals surface area contributed by atoms with Crippen molar-refractivity contribution in [2.45, 2.75) is 13.8 Å². The van der Waals surface area contributed by atoms with Gasteiger partial charge in [0.05, 0.1) is 0 Å². The van der Waals surface area contributed by atoms with Crippen LogP contribution in [0.3, 0.4) is 0 Å². The maximum absolute atomic E-state index is 5.22. The molecule has 0 spiro atoms. The average molecular weight is 193 g/mol. The van der Waals surface area contributed by atoms with E-state index < -0.39 is 0 Å². The fourth-order valence-corrected chi connectivity index (χ4v) is 0.934. The molecule has 0 rings (SSSR count). The first kappa shape index (κ1) is 10.9. The molecule has 0 saturated heterocycles. The molecule has 0 N–H and O–H groups in total. The van der Waals surface area contributed by atoms with Gasteiger partial charge in [-0.2, -0.15) is 0 Å². The molecule has 0 saturated carbocycles. The van der Waals surface area contributed by atoms with E-state index in [0.29, 0.717) is 6.61 Å². The van der Waals surface area contributed by atoms with Crippen molar-refractivity contribution in [3.63, 3.8) is 0 Å². The topological polar surface area (TPSA) is 12.5 Å². The number of allylic oxidation sites excluding steroid dienone is 1. The van der Waals surface area contributed by atoms with Crippen molar-refractivity contribution in [3.05, 3.63) is 11.8 Å². The molecule has 0 radical (unpaired) electrons. The second kappa shape index (κ2) is 5.54. The Kier molecular flexibility index (Phi) is 5.49. The molecule has 0 aliphatic rings. The second-order valence-corrected chi connectivity index (χ2v) is 3.06. The summed E-state index contributed by atoms with van der Waals surface area (Å²) >= 11 is 2.86. The molecule has 3 heteroatoms. The zero-order valence-electron chi connectivity index (χ0n) is 7.55. The van der Waals surface area contributed by atoms with E-state index >= 15 is 0 Å². The van der Waals surface area contributed by atoms with Crippen molar-refractivity contribution in [3.8, 4) is 0 Å². The Morgan fingerprint density at radius 2 is 2.09 bits per heavy atom. The van der Waals surface area contributed by atoms with Gasteiger partial charge in [0.2, 0.25) is 0 Å². The summed E-state index contributed by atoms with van der Waals surface area (Å²) in [7, 11) is 4.01. The first-order valence-electron chi connectivity index (χ1n) is 3.60. The van der Waals surface area contributed by atoms with Gasteiger partial charge in [0.15, 0.2) is 0 Å². The number of rotatable bonds is 4. The molecule has 0 aliphatic carbocycles. The summed E-state index contributed by atoms with van der Waals surface area (Å²) in [6, 6.07) is 0. The van der Waals surface area contributed by atoms with E-state index in [-0.39, 0.29) is 0 Å². The van der Waals surface area contributed by atoms with E-state index in [2.05, 4.69) is 15.9 Å². The fourth-order valence-electron chi connectivity index (χ4n) is 0.484. The fraction of sp³-hybridized carbons (Fsp3) is 0.625. The molecule has 11 heavy (non-hydrogen) atoms. The van der Waals surface area contributed by atoms with Gasteiger partial charge in [-0.05, 0) is 0 Å².